The summed E-state index contributed by atoms with van der Waals surface area (Å²) in [5.41, 5.74) is 5.80. The first-order valence-electron chi connectivity index (χ1n) is 14.3. The summed E-state index contributed by atoms with van der Waals surface area (Å²) in [6, 6.07) is 24.8. The fourth-order valence-corrected chi connectivity index (χ4v) is 5.30. The van der Waals surface area contributed by atoms with Crippen LogP contribution in [-0.2, 0) is 12.8 Å². The maximum atomic E-state index is 14.0. The quantitative estimate of drug-likeness (QED) is 0.219. The van der Waals surface area contributed by atoms with Crippen molar-refractivity contribution in [2.45, 2.75) is 46.0 Å². The molecule has 5 rings (SSSR count). The average molecular weight is 537 g/mol. The number of benzene rings is 3. The fraction of sp³-hybridized carbons (Fsp3) is 0.324. The molecule has 3 aromatic carbocycles. The maximum absolute atomic E-state index is 14.0. The predicted molar refractivity (Wildman–Crippen MR) is 159 cm³/mol. The number of aromatic nitrogens is 2. The number of carbonyl (C=O) groups excluding carboxylic acids is 1. The van der Waals surface area contributed by atoms with Gasteiger partial charge in [-0.2, -0.15) is 0 Å². The highest BCUT2D eigenvalue weighted by Crippen LogP contribution is 2.29. The van der Waals surface area contributed by atoms with Gasteiger partial charge < -0.3 is 9.80 Å². The number of carbonyl (C=O) groups is 1. The van der Waals surface area contributed by atoms with Gasteiger partial charge in [0.05, 0.1) is 0 Å². The lowest BCUT2D eigenvalue weighted by Crippen LogP contribution is -2.49. The van der Waals surface area contributed by atoms with Crippen molar-refractivity contribution in [3.8, 4) is 11.4 Å². The molecule has 0 spiro atoms. The monoisotopic (exact) mass is 536 g/mol. The average Bonchev–Trinajstić information content (AvgIpc) is 2.99. The molecule has 1 amide bonds. The van der Waals surface area contributed by atoms with Crippen molar-refractivity contribution in [1.82, 2.24) is 14.9 Å². The number of nitrogens with zero attached hydrogens (tertiary/aromatic N) is 4. The molecule has 4 aromatic rings. The second kappa shape index (κ2) is 12.9. The largest absolute Gasteiger partial charge is 0.353 e. The van der Waals surface area contributed by atoms with Crippen LogP contribution in [-0.4, -0.2) is 47.0 Å². The highest BCUT2D eigenvalue weighted by Gasteiger charge is 2.26. The molecule has 5 nitrogen and oxygen atoms in total. The Hall–Kier alpha value is -4.06. The van der Waals surface area contributed by atoms with Crippen molar-refractivity contribution < 1.29 is 9.18 Å². The van der Waals surface area contributed by atoms with Crippen LogP contribution in [0.2, 0.25) is 0 Å². The van der Waals surface area contributed by atoms with Crippen molar-refractivity contribution in [3.63, 3.8) is 0 Å². The summed E-state index contributed by atoms with van der Waals surface area (Å²) in [7, 11) is 0. The van der Waals surface area contributed by atoms with Crippen molar-refractivity contribution in [1.29, 1.82) is 0 Å². The van der Waals surface area contributed by atoms with Gasteiger partial charge in [-0.15, -0.1) is 0 Å². The Morgan fingerprint density at radius 3 is 2.30 bits per heavy atom. The Morgan fingerprint density at radius 1 is 0.850 bits per heavy atom. The van der Waals surface area contributed by atoms with Crippen molar-refractivity contribution in [2.75, 3.05) is 31.1 Å². The van der Waals surface area contributed by atoms with E-state index in [9.17, 15) is 9.18 Å². The number of amides is 1. The van der Waals surface area contributed by atoms with Crippen LogP contribution in [0.3, 0.4) is 0 Å². The number of halogens is 1. The van der Waals surface area contributed by atoms with Gasteiger partial charge in [0.2, 0.25) is 0 Å². The molecule has 0 N–H and O–H groups in total. The highest BCUT2D eigenvalue weighted by atomic mass is 19.1. The SMILES string of the molecule is CCCCCc1ccc(C(=O)N2CCN(c3nc(-c4cccc(F)c4)nc(C)c3Cc3ccccc3)CC2)cc1. The minimum atomic E-state index is -0.310. The molecule has 0 saturated carbocycles. The molecule has 1 aliphatic rings. The van der Waals surface area contributed by atoms with Crippen molar-refractivity contribution in [3.05, 3.63) is 113 Å². The molecule has 206 valence electrons. The Kier molecular flexibility index (Phi) is 8.84. The molecule has 1 fully saturated rings. The minimum Gasteiger partial charge on any atom is -0.353 e. The molecule has 0 aliphatic carbocycles. The van der Waals surface area contributed by atoms with Gasteiger partial charge in [-0.1, -0.05) is 74.4 Å². The topological polar surface area (TPSA) is 49.3 Å². The molecule has 6 heteroatoms. The van der Waals surface area contributed by atoms with Gasteiger partial charge in [-0.25, -0.2) is 14.4 Å². The van der Waals surface area contributed by atoms with E-state index >= 15 is 0 Å². The van der Waals surface area contributed by atoms with E-state index in [0.717, 1.165) is 29.1 Å². The van der Waals surface area contributed by atoms with E-state index in [0.29, 0.717) is 44.0 Å². The number of unbranched alkanes of at least 4 members (excludes halogenated alkanes) is 2. The fourth-order valence-electron chi connectivity index (χ4n) is 5.30. The lowest BCUT2D eigenvalue weighted by Gasteiger charge is -2.36. The third kappa shape index (κ3) is 6.56. The Labute approximate surface area is 236 Å². The highest BCUT2D eigenvalue weighted by molar-refractivity contribution is 5.94. The number of piperazine rings is 1. The Morgan fingerprint density at radius 2 is 1.60 bits per heavy atom. The normalized spacial score (nSPS) is 13.5. The van der Waals surface area contributed by atoms with Gasteiger partial charge in [0.25, 0.3) is 5.91 Å². The Bertz CT molecular complexity index is 1430. The zero-order valence-electron chi connectivity index (χ0n) is 23.4. The van der Waals surface area contributed by atoms with Gasteiger partial charge >= 0.3 is 0 Å². The zero-order chi connectivity index (χ0) is 27.9. The third-order valence-electron chi connectivity index (χ3n) is 7.63. The molecule has 1 saturated heterocycles. The molecular formula is C34H37FN4O. The van der Waals surface area contributed by atoms with Gasteiger partial charge in [0.1, 0.15) is 11.6 Å². The van der Waals surface area contributed by atoms with Gasteiger partial charge in [0.15, 0.2) is 5.82 Å². The number of aryl methyl sites for hydroxylation is 2. The zero-order valence-corrected chi connectivity index (χ0v) is 23.4. The summed E-state index contributed by atoms with van der Waals surface area (Å²) in [6.07, 6.45) is 5.38. The summed E-state index contributed by atoms with van der Waals surface area (Å²) in [5.74, 6) is 1.14. The van der Waals surface area contributed by atoms with Crippen LogP contribution in [0, 0.1) is 12.7 Å². The van der Waals surface area contributed by atoms with Crippen LogP contribution >= 0.6 is 0 Å². The summed E-state index contributed by atoms with van der Waals surface area (Å²) < 4.78 is 14.0. The van der Waals surface area contributed by atoms with E-state index in [1.807, 2.05) is 48.2 Å². The first-order chi connectivity index (χ1) is 19.5. The van der Waals surface area contributed by atoms with E-state index in [1.165, 1.54) is 42.5 Å². The van der Waals surface area contributed by atoms with Crippen molar-refractivity contribution in [2.24, 2.45) is 0 Å². The van der Waals surface area contributed by atoms with Crippen LogP contribution in [0.25, 0.3) is 11.4 Å². The summed E-state index contributed by atoms with van der Waals surface area (Å²) in [5, 5.41) is 0. The molecule has 1 aliphatic heterocycles. The minimum absolute atomic E-state index is 0.0728. The second-order valence-corrected chi connectivity index (χ2v) is 10.5. The second-order valence-electron chi connectivity index (χ2n) is 10.5. The van der Waals surface area contributed by atoms with E-state index in [1.54, 1.807) is 6.07 Å². The van der Waals surface area contributed by atoms with Crippen LogP contribution < -0.4 is 4.90 Å². The van der Waals surface area contributed by atoms with Gasteiger partial charge in [-0.3, -0.25) is 4.79 Å². The van der Waals surface area contributed by atoms with E-state index in [4.69, 9.17) is 9.97 Å². The molecule has 1 aromatic heterocycles. The van der Waals surface area contributed by atoms with Crippen LogP contribution in [0.1, 0.15) is 58.9 Å². The number of hydrogen-bond acceptors (Lipinski definition) is 4. The summed E-state index contributed by atoms with van der Waals surface area (Å²) in [4.78, 5) is 27.2. The molecule has 2 heterocycles. The number of rotatable bonds is 9. The summed E-state index contributed by atoms with van der Waals surface area (Å²) >= 11 is 0. The van der Waals surface area contributed by atoms with Crippen LogP contribution in [0.15, 0.2) is 78.9 Å². The van der Waals surface area contributed by atoms with E-state index in [2.05, 4.69) is 36.1 Å². The molecule has 0 unspecified atom stereocenters. The molecule has 0 atom stereocenters. The molecule has 0 bridgehead atoms. The first-order valence-corrected chi connectivity index (χ1v) is 14.3. The summed E-state index contributed by atoms with van der Waals surface area (Å²) in [6.45, 7) is 6.77. The van der Waals surface area contributed by atoms with Gasteiger partial charge in [-0.05, 0) is 55.2 Å². The molecular weight excluding hydrogens is 499 g/mol. The first kappa shape index (κ1) is 27.5. The van der Waals surface area contributed by atoms with E-state index in [-0.39, 0.29) is 11.7 Å². The van der Waals surface area contributed by atoms with Crippen molar-refractivity contribution >= 4 is 11.7 Å². The molecule has 40 heavy (non-hydrogen) atoms. The van der Waals surface area contributed by atoms with Crippen LogP contribution in [0.4, 0.5) is 10.2 Å². The smallest absolute Gasteiger partial charge is 0.253 e. The maximum Gasteiger partial charge on any atom is 0.253 e. The lowest BCUT2D eigenvalue weighted by molar-refractivity contribution is 0.0746. The predicted octanol–water partition coefficient (Wildman–Crippen LogP) is 6.88. The Balaban J connectivity index is 1.35. The van der Waals surface area contributed by atoms with Crippen LogP contribution in [0.5, 0.6) is 0 Å². The third-order valence-corrected chi connectivity index (χ3v) is 7.63. The number of anilines is 1. The standard InChI is InChI=1S/C34H37FN4O/c1-3-4-6-10-26-15-17-28(18-16-26)34(40)39-21-19-38(20-22-39)33-31(23-27-11-7-5-8-12-27)25(2)36-32(37-33)29-13-9-14-30(35)24-29/h5,7-9,11-18,24H,3-4,6,10,19-23H2,1-2H3. The number of hydrogen-bond donors (Lipinski definition) is 0. The van der Waals surface area contributed by atoms with E-state index < -0.39 is 0 Å². The van der Waals surface area contributed by atoms with Gasteiger partial charge in [0, 0.05) is 55.0 Å². The molecule has 0 radical (unpaired) electrons. The lowest BCUT2D eigenvalue weighted by atomic mass is 10.0.